The molecule has 10 nitrogen and oxygen atoms in total. The number of amides is 2. The molecular formula is C8H16N4O6. The Balaban J connectivity index is 4.67. The predicted octanol–water partition coefficient (Wildman–Crippen LogP) is -0.764. The van der Waals surface area contributed by atoms with E-state index in [9.17, 15) is 14.4 Å². The second kappa shape index (κ2) is 8.08. The van der Waals surface area contributed by atoms with Crippen molar-refractivity contribution in [3.05, 3.63) is 0 Å². The van der Waals surface area contributed by atoms with Gasteiger partial charge in [0.1, 0.15) is 6.04 Å². The fourth-order valence-corrected chi connectivity index (χ4v) is 1.23. The zero-order valence-electron chi connectivity index (χ0n) is 9.50. The molecular weight excluding hydrogens is 248 g/mol. The molecule has 0 aromatic rings. The van der Waals surface area contributed by atoms with Crippen molar-refractivity contribution in [3.8, 4) is 0 Å². The van der Waals surface area contributed by atoms with E-state index in [4.69, 9.17) is 21.1 Å². The summed E-state index contributed by atoms with van der Waals surface area (Å²) in [4.78, 5) is 31.9. The lowest BCUT2D eigenvalue weighted by Gasteiger charge is -2.26. The van der Waals surface area contributed by atoms with Crippen LogP contribution in [0, 0.1) is 0 Å². The molecule has 10 heteroatoms. The zero-order chi connectivity index (χ0) is 14.1. The molecule has 0 saturated heterocycles. The first-order valence-electron chi connectivity index (χ1n) is 5.09. The highest BCUT2D eigenvalue weighted by atomic mass is 16.4. The molecule has 0 saturated carbocycles. The molecule has 0 heterocycles. The topological polar surface area (TPSA) is 165 Å². The number of carboxylic acid groups (broad SMARTS) is 3. The maximum atomic E-state index is 11.0. The SMILES string of the molecule is NCCCC[C@@H](C(=O)O)N(NC(=O)O)NC(=O)O. The molecule has 1 atom stereocenters. The van der Waals surface area contributed by atoms with E-state index in [1.54, 1.807) is 10.9 Å². The minimum absolute atomic E-state index is 0.0487. The van der Waals surface area contributed by atoms with Gasteiger partial charge in [0.15, 0.2) is 0 Å². The van der Waals surface area contributed by atoms with Crippen molar-refractivity contribution in [2.75, 3.05) is 6.54 Å². The third-order valence-corrected chi connectivity index (χ3v) is 1.96. The minimum Gasteiger partial charge on any atom is -0.480 e. The number of hydrogen-bond acceptors (Lipinski definition) is 5. The van der Waals surface area contributed by atoms with Gasteiger partial charge in [0.05, 0.1) is 0 Å². The smallest absolute Gasteiger partial charge is 0.420 e. The molecule has 0 fully saturated rings. The van der Waals surface area contributed by atoms with Gasteiger partial charge >= 0.3 is 18.2 Å². The van der Waals surface area contributed by atoms with Crippen LogP contribution in [0.3, 0.4) is 0 Å². The standard InChI is InChI=1S/C8H16N4O6/c9-4-2-1-3-5(6(13)14)12(10-7(15)16)11-8(17)18/h5,10-11H,1-4,9H2,(H,13,14)(H,15,16)(H,17,18)/t5-/m0/s1. The first-order chi connectivity index (χ1) is 8.38. The van der Waals surface area contributed by atoms with Crippen LogP contribution in [-0.2, 0) is 4.79 Å². The zero-order valence-corrected chi connectivity index (χ0v) is 9.50. The first-order valence-corrected chi connectivity index (χ1v) is 5.09. The Morgan fingerprint density at radius 3 is 1.89 bits per heavy atom. The normalized spacial score (nSPS) is 11.9. The van der Waals surface area contributed by atoms with Gasteiger partial charge in [0, 0.05) is 0 Å². The van der Waals surface area contributed by atoms with Crippen molar-refractivity contribution in [1.82, 2.24) is 16.0 Å². The van der Waals surface area contributed by atoms with Crippen LogP contribution < -0.4 is 16.6 Å². The quantitative estimate of drug-likeness (QED) is 0.246. The molecule has 0 aliphatic rings. The van der Waals surface area contributed by atoms with E-state index < -0.39 is 24.2 Å². The summed E-state index contributed by atoms with van der Waals surface area (Å²) in [6.07, 6.45) is -2.13. The summed E-state index contributed by atoms with van der Waals surface area (Å²) < 4.78 is 0. The van der Waals surface area contributed by atoms with Gasteiger partial charge < -0.3 is 21.1 Å². The highest BCUT2D eigenvalue weighted by molar-refractivity contribution is 5.75. The van der Waals surface area contributed by atoms with Gasteiger partial charge in [-0.15, -0.1) is 5.12 Å². The van der Waals surface area contributed by atoms with Crippen molar-refractivity contribution in [1.29, 1.82) is 0 Å². The second-order valence-electron chi connectivity index (χ2n) is 3.34. The molecule has 0 spiro atoms. The number of nitrogens with two attached hydrogens (primary N) is 1. The Hall–Kier alpha value is -2.07. The Labute approximate surface area is 102 Å². The van der Waals surface area contributed by atoms with E-state index >= 15 is 0 Å². The van der Waals surface area contributed by atoms with E-state index in [1.807, 2.05) is 0 Å². The van der Waals surface area contributed by atoms with Gasteiger partial charge in [-0.05, 0) is 25.8 Å². The van der Waals surface area contributed by atoms with Gasteiger partial charge in [-0.25, -0.2) is 20.4 Å². The monoisotopic (exact) mass is 264 g/mol. The van der Waals surface area contributed by atoms with Gasteiger partial charge in [-0.3, -0.25) is 4.79 Å². The molecule has 0 aliphatic heterocycles. The number of nitrogens with one attached hydrogen (secondary N) is 2. The summed E-state index contributed by atoms with van der Waals surface area (Å²) in [6, 6.07) is -1.34. The summed E-state index contributed by atoms with van der Waals surface area (Å²) in [5, 5.41) is 26.4. The molecule has 7 N–H and O–H groups in total. The Bertz CT molecular complexity index is 294. The minimum atomic E-state index is -1.58. The molecule has 0 aliphatic carbocycles. The highest BCUT2D eigenvalue weighted by Gasteiger charge is 2.28. The predicted molar refractivity (Wildman–Crippen MR) is 58.5 cm³/mol. The second-order valence-corrected chi connectivity index (χ2v) is 3.34. The largest absolute Gasteiger partial charge is 0.480 e. The lowest BCUT2D eigenvalue weighted by molar-refractivity contribution is -0.146. The van der Waals surface area contributed by atoms with Gasteiger partial charge in [-0.1, -0.05) is 0 Å². The van der Waals surface area contributed by atoms with Crippen LogP contribution in [0.1, 0.15) is 19.3 Å². The molecule has 0 aromatic carbocycles. The summed E-state index contributed by atoms with van der Waals surface area (Å²) in [5.74, 6) is -1.35. The van der Waals surface area contributed by atoms with Crippen LogP contribution in [0.15, 0.2) is 0 Å². The molecule has 0 aromatic heterocycles. The van der Waals surface area contributed by atoms with Crippen molar-refractivity contribution in [3.63, 3.8) is 0 Å². The summed E-state index contributed by atoms with van der Waals surface area (Å²) >= 11 is 0. The van der Waals surface area contributed by atoms with E-state index in [1.165, 1.54) is 0 Å². The van der Waals surface area contributed by atoms with E-state index in [0.717, 1.165) is 0 Å². The molecule has 2 amide bonds. The lowest BCUT2D eigenvalue weighted by Crippen LogP contribution is -2.59. The van der Waals surface area contributed by atoms with Gasteiger partial charge in [0.25, 0.3) is 0 Å². The van der Waals surface area contributed by atoms with Crippen molar-refractivity contribution in [2.45, 2.75) is 25.3 Å². The van der Waals surface area contributed by atoms with Crippen LogP contribution in [0.25, 0.3) is 0 Å². The number of unbranched alkanes of at least 4 members (excludes halogenated alkanes) is 1. The molecule has 18 heavy (non-hydrogen) atoms. The summed E-state index contributed by atoms with van der Waals surface area (Å²) in [7, 11) is 0. The first kappa shape index (κ1) is 15.9. The maximum Gasteiger partial charge on any atom is 0.420 e. The van der Waals surface area contributed by atoms with E-state index in [-0.39, 0.29) is 6.42 Å². The van der Waals surface area contributed by atoms with Crippen LogP contribution in [0.5, 0.6) is 0 Å². The molecule has 0 bridgehead atoms. The Morgan fingerprint density at radius 2 is 1.56 bits per heavy atom. The fourth-order valence-electron chi connectivity index (χ4n) is 1.23. The van der Waals surface area contributed by atoms with Crippen LogP contribution in [-0.4, -0.2) is 51.2 Å². The third kappa shape index (κ3) is 6.50. The summed E-state index contributed by atoms with van der Waals surface area (Å²) in [5.41, 5.74) is 8.58. The maximum absolute atomic E-state index is 11.0. The molecule has 104 valence electrons. The third-order valence-electron chi connectivity index (χ3n) is 1.96. The van der Waals surface area contributed by atoms with Crippen molar-refractivity contribution < 1.29 is 29.7 Å². The Morgan fingerprint density at radius 1 is 1.06 bits per heavy atom. The highest BCUT2D eigenvalue weighted by Crippen LogP contribution is 2.05. The van der Waals surface area contributed by atoms with Crippen molar-refractivity contribution in [2.24, 2.45) is 5.73 Å². The van der Waals surface area contributed by atoms with E-state index in [0.29, 0.717) is 24.5 Å². The average Bonchev–Trinajstić information content (AvgIpc) is 2.21. The number of carbonyl (C=O) groups is 3. The average molecular weight is 264 g/mol. The lowest BCUT2D eigenvalue weighted by atomic mass is 10.1. The number of aliphatic carboxylic acids is 1. The van der Waals surface area contributed by atoms with Gasteiger partial charge in [-0.2, -0.15) is 0 Å². The molecule has 0 unspecified atom stereocenters. The van der Waals surface area contributed by atoms with Crippen LogP contribution >= 0.6 is 0 Å². The van der Waals surface area contributed by atoms with Crippen molar-refractivity contribution >= 4 is 18.2 Å². The number of nitrogens with zero attached hydrogens (tertiary/aromatic N) is 1. The van der Waals surface area contributed by atoms with E-state index in [2.05, 4.69) is 0 Å². The number of hydrogen-bond donors (Lipinski definition) is 6. The summed E-state index contributed by atoms with van der Waals surface area (Å²) in [6.45, 7) is 0.366. The number of carboxylic acids is 1. The molecule has 0 radical (unpaired) electrons. The van der Waals surface area contributed by atoms with Crippen LogP contribution in [0.4, 0.5) is 9.59 Å². The Kier molecular flexibility index (Phi) is 7.15. The van der Waals surface area contributed by atoms with Crippen LogP contribution in [0.2, 0.25) is 0 Å². The number of rotatable bonds is 8. The molecule has 0 rings (SSSR count). The number of hydrazine groups is 2. The van der Waals surface area contributed by atoms with Gasteiger partial charge in [0.2, 0.25) is 0 Å². The fraction of sp³-hybridized carbons (Fsp3) is 0.625.